The molecule has 0 fully saturated rings. The third-order valence-electron chi connectivity index (χ3n) is 7.99. The van der Waals surface area contributed by atoms with Crippen molar-refractivity contribution < 1.29 is 34.6 Å². The van der Waals surface area contributed by atoms with Crippen LogP contribution in [0.25, 0.3) is 16.3 Å². The lowest BCUT2D eigenvalue weighted by Crippen LogP contribution is -2.37. The van der Waals surface area contributed by atoms with Crippen LogP contribution in [0.15, 0.2) is 130 Å². The van der Waals surface area contributed by atoms with Gasteiger partial charge in [0.2, 0.25) is 11.3 Å². The molecule has 2 aliphatic rings. The number of anilines is 1. The van der Waals surface area contributed by atoms with Crippen LogP contribution >= 0.6 is 23.1 Å². The molecule has 7 rings (SSSR count). The number of hydrogen-bond acceptors (Lipinski definition) is 9. The number of benzene rings is 4. The van der Waals surface area contributed by atoms with Gasteiger partial charge in [0.15, 0.2) is 6.54 Å². The van der Waals surface area contributed by atoms with Crippen LogP contribution in [0.4, 0.5) is 5.69 Å². The number of allylic oxidation sites excluding steroid dienone is 3. The highest BCUT2D eigenvalue weighted by atomic mass is 32.2. The molecular formula is C34H27B2N2O6S2+. The standard InChI is InChI=1S/C34H26B2N2O6S2/c39-33-25(17-31-37(27-11-1-3-13-29(27)45-31)19-21-7-5-9-23(15-21)35(41)42)34(40)26(33)18-32-38(28-12-2-4-14-30(28)46-32)20-22-8-6-10-24(16-22)36(43)44/h1-18,41-44H,19-20H2/p+1. The Morgan fingerprint density at radius 1 is 0.783 bits per heavy atom. The third kappa shape index (κ3) is 5.71. The van der Waals surface area contributed by atoms with E-state index in [2.05, 4.69) is 9.47 Å². The molecule has 12 heteroatoms. The molecule has 2 heterocycles. The molecule has 0 saturated carbocycles. The topological polar surface area (TPSA) is 125 Å². The maximum atomic E-state index is 13.6. The molecule has 5 N–H and O–H groups in total. The zero-order valence-corrected chi connectivity index (χ0v) is 25.9. The fourth-order valence-electron chi connectivity index (χ4n) is 5.67. The Kier molecular flexibility index (Phi) is 8.16. The molecule has 0 atom stereocenters. The second kappa shape index (κ2) is 12.4. The van der Waals surface area contributed by atoms with Crippen LogP contribution in [0.1, 0.15) is 16.1 Å². The molecule has 0 bridgehead atoms. The van der Waals surface area contributed by atoms with Crippen molar-refractivity contribution in [2.75, 3.05) is 4.90 Å². The number of rotatable bonds is 8. The number of ketones is 1. The van der Waals surface area contributed by atoms with E-state index >= 15 is 0 Å². The largest absolute Gasteiger partial charge is 0.506 e. The van der Waals surface area contributed by atoms with Gasteiger partial charge in [-0.1, -0.05) is 95.9 Å². The summed E-state index contributed by atoms with van der Waals surface area (Å²) < 4.78 is 3.06. The summed E-state index contributed by atoms with van der Waals surface area (Å²) >= 11 is 3.01. The highest BCUT2D eigenvalue weighted by Gasteiger charge is 2.36. The summed E-state index contributed by atoms with van der Waals surface area (Å²) in [7, 11) is -3.15. The molecule has 46 heavy (non-hydrogen) atoms. The smallest absolute Gasteiger partial charge is 0.488 e. The van der Waals surface area contributed by atoms with Crippen molar-refractivity contribution in [1.82, 2.24) is 0 Å². The van der Waals surface area contributed by atoms with Gasteiger partial charge in [0.1, 0.15) is 10.5 Å². The lowest BCUT2D eigenvalue weighted by atomic mass is 9.79. The minimum absolute atomic E-state index is 0.0752. The third-order valence-corrected chi connectivity index (χ3v) is 10.2. The molecule has 0 spiro atoms. The van der Waals surface area contributed by atoms with Crippen LogP contribution < -0.4 is 20.4 Å². The number of nitrogens with zero attached hydrogens (tertiary/aromatic N) is 2. The molecule has 4 aromatic carbocycles. The molecule has 8 nitrogen and oxygen atoms in total. The molecule has 0 unspecified atom stereocenters. The van der Waals surface area contributed by atoms with Gasteiger partial charge in [-0.05, 0) is 40.8 Å². The van der Waals surface area contributed by atoms with E-state index in [9.17, 15) is 30.0 Å². The quantitative estimate of drug-likeness (QED) is 0.0992. The van der Waals surface area contributed by atoms with Crippen molar-refractivity contribution >= 4 is 76.0 Å². The number of fused-ring (bicyclic) bond motifs is 2. The Hall–Kier alpha value is -4.42. The zero-order chi connectivity index (χ0) is 31.9. The average molecular weight is 645 g/mol. The van der Waals surface area contributed by atoms with E-state index in [1.807, 2.05) is 60.7 Å². The van der Waals surface area contributed by atoms with Gasteiger partial charge in [-0.3, -0.25) is 4.79 Å². The minimum atomic E-state index is -1.58. The first-order valence-corrected chi connectivity index (χ1v) is 16.2. The number of carbonyl (C=O) groups excluding carboxylic acids is 1. The van der Waals surface area contributed by atoms with E-state index in [1.165, 1.54) is 23.1 Å². The second-order valence-corrected chi connectivity index (χ2v) is 13.1. The number of carbonyl (C=O) groups is 1. The van der Waals surface area contributed by atoms with Crippen LogP contribution in [0.3, 0.4) is 0 Å². The first-order valence-electron chi connectivity index (χ1n) is 14.5. The van der Waals surface area contributed by atoms with Gasteiger partial charge in [0, 0.05) is 29.1 Å². The lowest BCUT2D eigenvalue weighted by molar-refractivity contribution is -0.659. The summed E-state index contributed by atoms with van der Waals surface area (Å²) in [6.07, 6.45) is 3.43. The lowest BCUT2D eigenvalue weighted by Gasteiger charge is -2.23. The van der Waals surface area contributed by atoms with Crippen molar-refractivity contribution in [2.24, 2.45) is 0 Å². The number of hydrogen-bond donors (Lipinski definition) is 5. The van der Waals surface area contributed by atoms with Gasteiger partial charge in [0.05, 0.1) is 21.9 Å². The maximum absolute atomic E-state index is 13.6. The Morgan fingerprint density at radius 2 is 1.46 bits per heavy atom. The van der Waals surface area contributed by atoms with E-state index in [0.717, 1.165) is 42.0 Å². The van der Waals surface area contributed by atoms with E-state index < -0.39 is 14.2 Å². The normalized spacial score (nSPS) is 16.0. The van der Waals surface area contributed by atoms with Crippen LogP contribution in [-0.4, -0.2) is 45.2 Å². The molecule has 0 amide bonds. The van der Waals surface area contributed by atoms with Gasteiger partial charge in [-0.25, -0.2) is 0 Å². The fourth-order valence-corrected chi connectivity index (χ4v) is 7.88. The summed E-state index contributed by atoms with van der Waals surface area (Å²) in [6.45, 7) is 0.856. The number of aromatic nitrogens is 1. The van der Waals surface area contributed by atoms with Crippen molar-refractivity contribution in [3.63, 3.8) is 0 Å². The van der Waals surface area contributed by atoms with Crippen molar-refractivity contribution in [3.8, 4) is 0 Å². The van der Waals surface area contributed by atoms with E-state index in [0.29, 0.717) is 24.0 Å². The monoisotopic (exact) mass is 645 g/mol. The molecule has 226 valence electrons. The Morgan fingerprint density at radius 3 is 2.20 bits per heavy atom. The van der Waals surface area contributed by atoms with E-state index in [1.54, 1.807) is 48.6 Å². The number of thioether (sulfide) groups is 1. The van der Waals surface area contributed by atoms with Gasteiger partial charge in [-0.2, -0.15) is 4.57 Å². The predicted octanol–water partition coefficient (Wildman–Crippen LogP) is 3.03. The summed E-state index contributed by atoms with van der Waals surface area (Å²) in [6, 6.07) is 29.9. The average Bonchev–Trinajstić information content (AvgIpc) is 3.59. The first kappa shape index (κ1) is 30.2. The van der Waals surface area contributed by atoms with Crippen molar-refractivity contribution in [2.45, 2.75) is 18.0 Å². The number of thiazole rings is 1. The van der Waals surface area contributed by atoms with Crippen LogP contribution in [0.2, 0.25) is 0 Å². The van der Waals surface area contributed by atoms with E-state index in [-0.39, 0.29) is 22.7 Å². The zero-order valence-electron chi connectivity index (χ0n) is 24.3. The Bertz CT molecular complexity index is 2110. The molecule has 5 aromatic rings. The molecule has 1 aromatic heterocycles. The number of aliphatic hydroxyl groups excluding tert-OH is 1. The Balaban J connectivity index is 1.23. The van der Waals surface area contributed by atoms with Gasteiger partial charge >= 0.3 is 14.2 Å². The van der Waals surface area contributed by atoms with Gasteiger partial charge < -0.3 is 30.1 Å². The number of aliphatic hydroxyl groups is 1. The van der Waals surface area contributed by atoms with Gasteiger partial charge in [-0.15, -0.1) is 0 Å². The summed E-state index contributed by atoms with van der Waals surface area (Å²) in [5.41, 5.74) is 4.88. The highest BCUT2D eigenvalue weighted by molar-refractivity contribution is 8.03. The van der Waals surface area contributed by atoms with Gasteiger partial charge in [0.25, 0.3) is 5.01 Å². The Labute approximate surface area is 273 Å². The summed E-state index contributed by atoms with van der Waals surface area (Å²) in [5.74, 6) is -0.338. The number of Topliss-reactive ketones (excluding diaryl/α,β-unsaturated/α-hetero) is 1. The summed E-state index contributed by atoms with van der Waals surface area (Å²) in [5, 5.41) is 51.4. The van der Waals surface area contributed by atoms with Crippen LogP contribution in [0, 0.1) is 0 Å². The second-order valence-electron chi connectivity index (χ2n) is 11.0. The minimum Gasteiger partial charge on any atom is -0.506 e. The predicted molar refractivity (Wildman–Crippen MR) is 183 cm³/mol. The molecular weight excluding hydrogens is 618 g/mol. The number of para-hydroxylation sites is 2. The SMILES string of the molecule is O=C1C(/C=C2\Sc3ccccc3N2Cc2cccc(B(O)O)c2)=C(O)C/1=C/c1sc2ccccc2[n+]1Cc1cccc(B(O)O)c1. The molecule has 1 aliphatic carbocycles. The summed E-state index contributed by atoms with van der Waals surface area (Å²) in [4.78, 5) is 16.6. The first-order chi connectivity index (χ1) is 22.3. The van der Waals surface area contributed by atoms with Crippen LogP contribution in [0.5, 0.6) is 0 Å². The van der Waals surface area contributed by atoms with Crippen molar-refractivity contribution in [1.29, 1.82) is 0 Å². The highest BCUT2D eigenvalue weighted by Crippen LogP contribution is 2.48. The molecule has 0 radical (unpaired) electrons. The maximum Gasteiger partial charge on any atom is 0.488 e. The van der Waals surface area contributed by atoms with Crippen LogP contribution in [-0.2, 0) is 17.9 Å². The van der Waals surface area contributed by atoms with Crippen molar-refractivity contribution in [3.05, 3.63) is 141 Å². The molecule has 1 aliphatic heterocycles. The van der Waals surface area contributed by atoms with E-state index in [4.69, 9.17) is 0 Å². The molecule has 0 saturated heterocycles. The fraction of sp³-hybridized carbons (Fsp3) is 0.0588.